The molecule has 0 aliphatic heterocycles. The smallest absolute Gasteiger partial charge is 0.287 e. The molecule has 0 unspecified atom stereocenters. The number of hydrogen-bond donors (Lipinski definition) is 1. The molecule has 0 aromatic rings. The van der Waals surface area contributed by atoms with Gasteiger partial charge in [-0.15, -0.1) is 0 Å². The van der Waals surface area contributed by atoms with Crippen molar-refractivity contribution in [3.8, 4) is 0 Å². The van der Waals surface area contributed by atoms with Crippen molar-refractivity contribution in [2.75, 3.05) is 7.05 Å². The lowest BCUT2D eigenvalue weighted by molar-refractivity contribution is -0.420. The highest BCUT2D eigenvalue weighted by Crippen LogP contribution is 2.03. The lowest BCUT2D eigenvalue weighted by Crippen LogP contribution is -2.09. The molecule has 0 aromatic carbocycles. The van der Waals surface area contributed by atoms with Crippen molar-refractivity contribution >= 4 is 0 Å². The Balaban J connectivity index is 4.78. The maximum absolute atomic E-state index is 10.4. The maximum atomic E-state index is 10.4. The van der Waals surface area contributed by atoms with E-state index in [4.69, 9.17) is 0 Å². The summed E-state index contributed by atoms with van der Waals surface area (Å²) in [6.07, 6.45) is 4.42. The molecule has 0 heterocycles. The van der Waals surface area contributed by atoms with Crippen molar-refractivity contribution in [2.45, 2.75) is 6.92 Å². The van der Waals surface area contributed by atoms with Crippen LogP contribution >= 0.6 is 0 Å². The first kappa shape index (κ1) is 10.4. The molecule has 1 N–H and O–H groups in total. The van der Waals surface area contributed by atoms with Crippen molar-refractivity contribution in [3.63, 3.8) is 0 Å². The van der Waals surface area contributed by atoms with Gasteiger partial charge in [-0.25, -0.2) is 0 Å². The Morgan fingerprint density at radius 3 is 2.58 bits per heavy atom. The maximum Gasteiger partial charge on any atom is 0.287 e. The second kappa shape index (κ2) is 5.12. The first-order chi connectivity index (χ1) is 5.63. The summed E-state index contributed by atoms with van der Waals surface area (Å²) in [6, 6.07) is 0. The highest BCUT2D eigenvalue weighted by Gasteiger charge is 2.08. The lowest BCUT2D eigenvalue weighted by atomic mass is 10.3. The van der Waals surface area contributed by atoms with Gasteiger partial charge in [-0.1, -0.05) is 18.7 Å². The molecule has 0 saturated carbocycles. The van der Waals surface area contributed by atoms with Gasteiger partial charge in [-0.2, -0.15) is 0 Å². The molecule has 0 saturated heterocycles. The third kappa shape index (κ3) is 3.01. The van der Waals surface area contributed by atoms with E-state index in [1.807, 2.05) is 0 Å². The SMILES string of the molecule is C=C/C=C\C(=C(\C)NC)[N+](=O)[O-]. The molecule has 66 valence electrons. The van der Waals surface area contributed by atoms with Crippen LogP contribution in [0.2, 0.25) is 0 Å². The van der Waals surface area contributed by atoms with Gasteiger partial charge in [0.05, 0.1) is 10.6 Å². The average molecular weight is 168 g/mol. The van der Waals surface area contributed by atoms with Crippen molar-refractivity contribution in [3.05, 3.63) is 46.3 Å². The topological polar surface area (TPSA) is 55.2 Å². The van der Waals surface area contributed by atoms with Gasteiger partial charge in [0.25, 0.3) is 5.70 Å². The van der Waals surface area contributed by atoms with Crippen LogP contribution in [-0.4, -0.2) is 12.0 Å². The molecule has 0 spiro atoms. The van der Waals surface area contributed by atoms with Gasteiger partial charge in [-0.3, -0.25) is 10.1 Å². The summed E-state index contributed by atoms with van der Waals surface area (Å²) in [4.78, 5) is 9.99. The molecule has 0 aliphatic rings. The Kier molecular flexibility index (Phi) is 4.45. The van der Waals surface area contributed by atoms with Crippen LogP contribution in [0.15, 0.2) is 36.2 Å². The van der Waals surface area contributed by atoms with E-state index in [9.17, 15) is 10.1 Å². The Bertz CT molecular complexity index is 241. The molecule has 0 amide bonds. The summed E-state index contributed by atoms with van der Waals surface area (Å²) >= 11 is 0. The summed E-state index contributed by atoms with van der Waals surface area (Å²) < 4.78 is 0. The van der Waals surface area contributed by atoms with Gasteiger partial charge in [-0.05, 0) is 6.92 Å². The number of nitrogens with zero attached hydrogens (tertiary/aromatic N) is 1. The van der Waals surface area contributed by atoms with E-state index < -0.39 is 4.92 Å². The van der Waals surface area contributed by atoms with E-state index in [1.54, 1.807) is 14.0 Å². The van der Waals surface area contributed by atoms with E-state index >= 15 is 0 Å². The highest BCUT2D eigenvalue weighted by molar-refractivity contribution is 5.19. The van der Waals surface area contributed by atoms with E-state index in [2.05, 4.69) is 11.9 Å². The fourth-order valence-electron chi connectivity index (χ4n) is 0.610. The molecular weight excluding hydrogens is 156 g/mol. The molecule has 0 aliphatic carbocycles. The third-order valence-corrected chi connectivity index (χ3v) is 1.35. The number of nitrogens with one attached hydrogen (secondary N) is 1. The Morgan fingerprint density at radius 1 is 1.67 bits per heavy atom. The van der Waals surface area contributed by atoms with E-state index in [0.29, 0.717) is 5.70 Å². The van der Waals surface area contributed by atoms with Gasteiger partial charge < -0.3 is 5.32 Å². The van der Waals surface area contributed by atoms with Gasteiger partial charge in [0.1, 0.15) is 0 Å². The second-order valence-electron chi connectivity index (χ2n) is 2.11. The molecule has 0 aromatic heterocycles. The number of rotatable bonds is 4. The Labute approximate surface area is 71.4 Å². The monoisotopic (exact) mass is 168 g/mol. The van der Waals surface area contributed by atoms with Gasteiger partial charge in [0.15, 0.2) is 0 Å². The number of allylic oxidation sites excluding steroid dienone is 4. The minimum atomic E-state index is -0.439. The fraction of sp³-hybridized carbons (Fsp3) is 0.250. The van der Waals surface area contributed by atoms with Gasteiger partial charge in [0, 0.05) is 13.1 Å². The van der Waals surface area contributed by atoms with Crippen LogP contribution in [0.5, 0.6) is 0 Å². The molecule has 0 radical (unpaired) electrons. The second-order valence-corrected chi connectivity index (χ2v) is 2.11. The molecule has 0 rings (SSSR count). The zero-order valence-electron chi connectivity index (χ0n) is 7.20. The van der Waals surface area contributed by atoms with Crippen molar-refractivity contribution in [1.82, 2.24) is 5.32 Å². The minimum Gasteiger partial charge on any atom is -0.386 e. The van der Waals surface area contributed by atoms with Crippen LogP contribution in [0.4, 0.5) is 0 Å². The minimum absolute atomic E-state index is 0.0531. The van der Waals surface area contributed by atoms with Gasteiger partial charge >= 0.3 is 0 Å². The van der Waals surface area contributed by atoms with Crippen LogP contribution in [-0.2, 0) is 0 Å². The zero-order valence-corrected chi connectivity index (χ0v) is 7.20. The van der Waals surface area contributed by atoms with Crippen LogP contribution < -0.4 is 5.32 Å². The molecular formula is C8H12N2O2. The van der Waals surface area contributed by atoms with Crippen molar-refractivity contribution in [2.24, 2.45) is 0 Å². The molecule has 0 bridgehead atoms. The molecule has 4 heteroatoms. The largest absolute Gasteiger partial charge is 0.386 e. The number of nitro groups is 1. The van der Waals surface area contributed by atoms with Crippen LogP contribution in [0.3, 0.4) is 0 Å². The summed E-state index contributed by atoms with van der Waals surface area (Å²) in [6.45, 7) is 5.07. The Morgan fingerprint density at radius 2 is 2.25 bits per heavy atom. The Hall–Kier alpha value is -1.58. The van der Waals surface area contributed by atoms with E-state index in [0.717, 1.165) is 0 Å². The van der Waals surface area contributed by atoms with Crippen LogP contribution in [0.1, 0.15) is 6.92 Å². The van der Waals surface area contributed by atoms with E-state index in [-0.39, 0.29) is 5.70 Å². The molecule has 0 fully saturated rings. The summed E-state index contributed by atoms with van der Waals surface area (Å²) in [5.74, 6) is 0. The summed E-state index contributed by atoms with van der Waals surface area (Å²) in [7, 11) is 1.64. The normalized spacial score (nSPS) is 12.5. The molecule has 0 atom stereocenters. The summed E-state index contributed by atoms with van der Waals surface area (Å²) in [5.41, 5.74) is 0.579. The number of hydrogen-bond acceptors (Lipinski definition) is 3. The predicted molar refractivity (Wildman–Crippen MR) is 48.1 cm³/mol. The third-order valence-electron chi connectivity index (χ3n) is 1.35. The van der Waals surface area contributed by atoms with Crippen molar-refractivity contribution < 1.29 is 4.92 Å². The first-order valence-corrected chi connectivity index (χ1v) is 3.45. The van der Waals surface area contributed by atoms with Gasteiger partial charge in [0.2, 0.25) is 0 Å². The first-order valence-electron chi connectivity index (χ1n) is 3.45. The van der Waals surface area contributed by atoms with Crippen LogP contribution in [0.25, 0.3) is 0 Å². The van der Waals surface area contributed by atoms with Crippen LogP contribution in [0, 0.1) is 10.1 Å². The zero-order chi connectivity index (χ0) is 9.56. The highest BCUT2D eigenvalue weighted by atomic mass is 16.6. The van der Waals surface area contributed by atoms with E-state index in [1.165, 1.54) is 18.2 Å². The fourth-order valence-corrected chi connectivity index (χ4v) is 0.610. The summed E-state index contributed by atoms with van der Waals surface area (Å²) in [5, 5.41) is 13.1. The van der Waals surface area contributed by atoms with Crippen molar-refractivity contribution in [1.29, 1.82) is 0 Å². The average Bonchev–Trinajstić information content (AvgIpc) is 2.04. The molecule has 12 heavy (non-hydrogen) atoms. The predicted octanol–water partition coefficient (Wildman–Crippen LogP) is 1.46. The standard InChI is InChI=1S/C8H12N2O2/c1-4-5-6-8(10(11)12)7(2)9-3/h4-6,9H,1H2,2-3H3/b6-5-,8-7+. The molecule has 4 nitrogen and oxygen atoms in total. The lowest BCUT2D eigenvalue weighted by Gasteiger charge is -1.98. The quantitative estimate of drug-likeness (QED) is 0.392.